The van der Waals surface area contributed by atoms with Crippen molar-refractivity contribution in [1.29, 1.82) is 0 Å². The molecule has 140 valence electrons. The van der Waals surface area contributed by atoms with Crippen LogP contribution in [0, 0.1) is 0 Å². The second kappa shape index (κ2) is 7.03. The fourth-order valence-electron chi connectivity index (χ4n) is 3.07. The number of nitrogens with one attached hydrogen (secondary N) is 1. The molecular formula is C21H17N3O4. The van der Waals surface area contributed by atoms with Crippen molar-refractivity contribution in [3.8, 4) is 11.6 Å². The van der Waals surface area contributed by atoms with Crippen molar-refractivity contribution in [1.82, 2.24) is 9.55 Å². The van der Waals surface area contributed by atoms with E-state index in [2.05, 4.69) is 9.98 Å². The molecule has 1 aliphatic rings. The van der Waals surface area contributed by atoms with Crippen molar-refractivity contribution < 1.29 is 9.84 Å². The monoisotopic (exact) mass is 375 g/mol. The lowest BCUT2D eigenvalue weighted by Gasteiger charge is -2.11. The average Bonchev–Trinajstić information content (AvgIpc) is 3.12. The molecule has 1 aliphatic heterocycles. The lowest BCUT2D eigenvalue weighted by molar-refractivity contribution is 0.407. The minimum Gasteiger partial charge on any atom is -0.497 e. The van der Waals surface area contributed by atoms with Gasteiger partial charge in [-0.2, -0.15) is 0 Å². The summed E-state index contributed by atoms with van der Waals surface area (Å²) in [7, 11) is 1.57. The fourth-order valence-corrected chi connectivity index (χ4v) is 3.07. The van der Waals surface area contributed by atoms with E-state index in [-0.39, 0.29) is 12.1 Å². The van der Waals surface area contributed by atoms with Gasteiger partial charge in [-0.3, -0.25) is 19.3 Å². The quantitative estimate of drug-likeness (QED) is 0.732. The molecule has 7 nitrogen and oxygen atoms in total. The number of ether oxygens (including phenoxy) is 1. The molecule has 0 bridgehead atoms. The van der Waals surface area contributed by atoms with Crippen molar-refractivity contribution in [2.24, 2.45) is 4.99 Å². The normalized spacial score (nSPS) is 13.7. The molecule has 0 atom stereocenters. The summed E-state index contributed by atoms with van der Waals surface area (Å²) in [5, 5.41) is 10.7. The van der Waals surface area contributed by atoms with Gasteiger partial charge in [0.2, 0.25) is 5.88 Å². The van der Waals surface area contributed by atoms with Gasteiger partial charge in [0.25, 0.3) is 5.56 Å². The van der Waals surface area contributed by atoms with E-state index in [0.29, 0.717) is 11.3 Å². The first-order valence-corrected chi connectivity index (χ1v) is 8.61. The van der Waals surface area contributed by atoms with Crippen LogP contribution in [0.1, 0.15) is 16.7 Å². The van der Waals surface area contributed by atoms with Crippen molar-refractivity contribution >= 4 is 23.6 Å². The number of H-pyrrole nitrogens is 1. The van der Waals surface area contributed by atoms with Crippen molar-refractivity contribution in [3.63, 3.8) is 0 Å². The topological polar surface area (TPSA) is 96.7 Å². The second-order valence-corrected chi connectivity index (χ2v) is 6.31. The Morgan fingerprint density at radius 2 is 1.89 bits per heavy atom. The Hall–Kier alpha value is -3.87. The Morgan fingerprint density at radius 1 is 1.14 bits per heavy atom. The van der Waals surface area contributed by atoms with Gasteiger partial charge < -0.3 is 9.84 Å². The SMILES string of the molecule is COc1ccc(Cn2c(O)c(/C=C3\C=Nc4ccccc43)c(=O)[nH]c2=O)cc1. The largest absolute Gasteiger partial charge is 0.497 e. The van der Waals surface area contributed by atoms with Gasteiger partial charge in [-0.15, -0.1) is 0 Å². The minimum absolute atomic E-state index is 0.00580. The fraction of sp³-hybridized carbons (Fsp3) is 0.0952. The Labute approximate surface area is 159 Å². The van der Waals surface area contributed by atoms with Gasteiger partial charge in [-0.25, -0.2) is 4.79 Å². The van der Waals surface area contributed by atoms with Gasteiger partial charge in [-0.1, -0.05) is 30.3 Å². The summed E-state index contributed by atoms with van der Waals surface area (Å²) in [5.74, 6) is 0.293. The molecule has 0 unspecified atom stereocenters. The molecule has 0 fully saturated rings. The maximum absolute atomic E-state index is 12.3. The van der Waals surface area contributed by atoms with Crippen LogP contribution in [0.3, 0.4) is 0 Å². The first-order chi connectivity index (χ1) is 13.6. The summed E-state index contributed by atoms with van der Waals surface area (Å²) in [6.07, 6.45) is 3.16. The molecule has 2 N–H and O–H groups in total. The first kappa shape index (κ1) is 17.5. The van der Waals surface area contributed by atoms with Crippen molar-refractivity contribution in [2.45, 2.75) is 6.54 Å². The highest BCUT2D eigenvalue weighted by Gasteiger charge is 2.17. The van der Waals surface area contributed by atoms with Crippen LogP contribution in [-0.2, 0) is 6.54 Å². The van der Waals surface area contributed by atoms with Gasteiger partial charge in [-0.05, 0) is 29.8 Å². The average molecular weight is 375 g/mol. The Bertz CT molecular complexity index is 1220. The van der Waals surface area contributed by atoms with E-state index in [4.69, 9.17) is 4.74 Å². The smallest absolute Gasteiger partial charge is 0.331 e. The van der Waals surface area contributed by atoms with Gasteiger partial charge >= 0.3 is 5.69 Å². The summed E-state index contributed by atoms with van der Waals surface area (Å²) >= 11 is 0. The molecule has 3 aromatic rings. The van der Waals surface area contributed by atoms with Gasteiger partial charge in [0, 0.05) is 17.4 Å². The molecule has 2 heterocycles. The summed E-state index contributed by atoms with van der Waals surface area (Å²) in [6, 6.07) is 14.6. The zero-order valence-corrected chi connectivity index (χ0v) is 15.0. The summed E-state index contributed by atoms with van der Waals surface area (Å²) in [5.41, 5.74) is 1.78. The highest BCUT2D eigenvalue weighted by atomic mass is 16.5. The minimum atomic E-state index is -0.680. The Kier molecular flexibility index (Phi) is 4.41. The van der Waals surface area contributed by atoms with Crippen molar-refractivity contribution in [3.05, 3.63) is 86.1 Å². The number of aromatic amines is 1. The Balaban J connectivity index is 1.76. The van der Waals surface area contributed by atoms with Crippen LogP contribution in [0.15, 0.2) is 63.1 Å². The maximum atomic E-state index is 12.3. The van der Waals surface area contributed by atoms with Crippen molar-refractivity contribution in [2.75, 3.05) is 7.11 Å². The number of aromatic nitrogens is 2. The second-order valence-electron chi connectivity index (χ2n) is 6.31. The van der Waals surface area contributed by atoms with Crippen LogP contribution >= 0.6 is 0 Å². The van der Waals surface area contributed by atoms with E-state index >= 15 is 0 Å². The Morgan fingerprint density at radius 3 is 2.64 bits per heavy atom. The molecule has 4 rings (SSSR count). The molecule has 28 heavy (non-hydrogen) atoms. The predicted molar refractivity (Wildman–Crippen MR) is 108 cm³/mol. The number of benzene rings is 2. The number of nitrogens with zero attached hydrogens (tertiary/aromatic N) is 2. The van der Waals surface area contributed by atoms with Gasteiger partial charge in [0.1, 0.15) is 11.3 Å². The molecular weight excluding hydrogens is 358 g/mol. The highest BCUT2D eigenvalue weighted by Crippen LogP contribution is 2.32. The van der Waals surface area contributed by atoms with Crippen LogP contribution in [0.2, 0.25) is 0 Å². The third kappa shape index (κ3) is 3.14. The van der Waals surface area contributed by atoms with E-state index in [9.17, 15) is 14.7 Å². The van der Waals surface area contributed by atoms with Crippen LogP contribution in [0.4, 0.5) is 5.69 Å². The van der Waals surface area contributed by atoms with Gasteiger partial charge in [0.15, 0.2) is 0 Å². The predicted octanol–water partition coefficient (Wildman–Crippen LogP) is 2.56. The third-order valence-electron chi connectivity index (χ3n) is 4.56. The first-order valence-electron chi connectivity index (χ1n) is 8.61. The molecule has 2 aromatic carbocycles. The van der Waals surface area contributed by atoms with E-state index in [1.807, 2.05) is 24.3 Å². The summed E-state index contributed by atoms with van der Waals surface area (Å²) < 4.78 is 6.24. The number of aliphatic imine (C=N–C) groups is 1. The van der Waals surface area contributed by atoms with Crippen LogP contribution in [0.25, 0.3) is 11.6 Å². The molecule has 7 heteroatoms. The van der Waals surface area contributed by atoms with Gasteiger partial charge in [0.05, 0.1) is 19.3 Å². The molecule has 0 saturated carbocycles. The molecule has 0 amide bonds. The molecule has 1 aromatic heterocycles. The zero-order valence-electron chi connectivity index (χ0n) is 15.0. The molecule has 0 aliphatic carbocycles. The third-order valence-corrected chi connectivity index (χ3v) is 4.56. The number of hydrogen-bond donors (Lipinski definition) is 2. The number of fused-ring (bicyclic) bond motifs is 1. The van der Waals surface area contributed by atoms with E-state index in [1.165, 1.54) is 6.08 Å². The number of aromatic hydroxyl groups is 1. The number of rotatable bonds is 4. The number of allylic oxidation sites excluding steroid dienone is 1. The standard InChI is InChI=1S/C21H17N3O4/c1-28-15-8-6-13(7-9-15)12-24-20(26)17(19(25)23-21(24)27)10-14-11-22-18-5-3-2-4-16(14)18/h2-11,26H,12H2,1H3,(H,23,25,27)/b14-10+. The van der Waals surface area contributed by atoms with E-state index in [0.717, 1.165) is 21.4 Å². The molecule has 0 spiro atoms. The van der Waals surface area contributed by atoms with E-state index in [1.54, 1.807) is 37.6 Å². The molecule has 0 saturated heterocycles. The summed E-state index contributed by atoms with van der Waals surface area (Å²) in [6.45, 7) is 0.103. The number of methoxy groups -OCH3 is 1. The zero-order chi connectivity index (χ0) is 19.7. The van der Waals surface area contributed by atoms with E-state index < -0.39 is 17.1 Å². The lowest BCUT2D eigenvalue weighted by atomic mass is 10.1. The lowest BCUT2D eigenvalue weighted by Crippen LogP contribution is -2.31. The van der Waals surface area contributed by atoms with Crippen LogP contribution in [-0.4, -0.2) is 28.0 Å². The number of hydrogen-bond acceptors (Lipinski definition) is 5. The molecule has 0 radical (unpaired) electrons. The highest BCUT2D eigenvalue weighted by molar-refractivity contribution is 6.21. The maximum Gasteiger partial charge on any atom is 0.331 e. The van der Waals surface area contributed by atoms with Crippen LogP contribution in [0.5, 0.6) is 11.6 Å². The van der Waals surface area contributed by atoms with Crippen LogP contribution < -0.4 is 16.0 Å². The summed E-state index contributed by atoms with van der Waals surface area (Å²) in [4.78, 5) is 31.1. The number of para-hydroxylation sites is 1.